The minimum atomic E-state index is -3.57. The van der Waals surface area contributed by atoms with Crippen LogP contribution in [0.4, 0.5) is 0 Å². The maximum atomic E-state index is 12.4. The van der Waals surface area contributed by atoms with Crippen molar-refractivity contribution in [2.24, 2.45) is 0 Å². The second-order valence-corrected chi connectivity index (χ2v) is 8.13. The molecule has 20 heavy (non-hydrogen) atoms. The summed E-state index contributed by atoms with van der Waals surface area (Å²) in [6, 6.07) is 8.19. The van der Waals surface area contributed by atoms with Gasteiger partial charge in [0.25, 0.3) is 0 Å². The van der Waals surface area contributed by atoms with Crippen molar-refractivity contribution < 1.29 is 8.42 Å². The van der Waals surface area contributed by atoms with Crippen molar-refractivity contribution in [3.05, 3.63) is 50.1 Å². The lowest BCUT2D eigenvalue weighted by molar-refractivity contribution is 0.553. The fraction of sp³-hybridized carbons (Fsp3) is 0.231. The molecule has 0 spiro atoms. The molecule has 108 valence electrons. The third-order valence-electron chi connectivity index (χ3n) is 2.79. The Balaban J connectivity index is 2.28. The molecule has 0 aliphatic heterocycles. The van der Waals surface area contributed by atoms with E-state index >= 15 is 0 Å². The molecule has 0 amide bonds. The van der Waals surface area contributed by atoms with Crippen LogP contribution >= 0.6 is 38.9 Å². The lowest BCUT2D eigenvalue weighted by Crippen LogP contribution is -2.27. The molecule has 0 radical (unpaired) electrons. The molecule has 0 aliphatic carbocycles. The predicted molar refractivity (Wildman–Crippen MR) is 86.8 cm³/mol. The summed E-state index contributed by atoms with van der Waals surface area (Å²) in [6.07, 6.45) is 0.689. The van der Waals surface area contributed by atoms with E-state index in [9.17, 15) is 8.42 Å². The van der Waals surface area contributed by atoms with Crippen LogP contribution in [0.15, 0.2) is 45.1 Å². The third kappa shape index (κ3) is 3.62. The van der Waals surface area contributed by atoms with Gasteiger partial charge in [-0.1, -0.05) is 24.6 Å². The number of thiophene rings is 1. The topological polar surface area (TPSA) is 46.2 Å². The van der Waals surface area contributed by atoms with E-state index < -0.39 is 10.0 Å². The molecule has 0 aliphatic rings. The van der Waals surface area contributed by atoms with Gasteiger partial charge >= 0.3 is 0 Å². The molecule has 1 atom stereocenters. The van der Waals surface area contributed by atoms with Gasteiger partial charge in [-0.25, -0.2) is 13.1 Å². The highest BCUT2D eigenvalue weighted by molar-refractivity contribution is 9.10. The monoisotopic (exact) mass is 393 g/mol. The Morgan fingerprint density at radius 1 is 1.40 bits per heavy atom. The van der Waals surface area contributed by atoms with Crippen LogP contribution in [0, 0.1) is 0 Å². The number of nitrogens with one attached hydrogen (secondary N) is 1. The number of hydrogen-bond acceptors (Lipinski definition) is 3. The summed E-state index contributed by atoms with van der Waals surface area (Å²) in [5.74, 6) is 0. The summed E-state index contributed by atoms with van der Waals surface area (Å²) in [6.45, 7) is 1.95. The molecule has 0 saturated carbocycles. The molecule has 1 heterocycles. The van der Waals surface area contributed by atoms with Crippen molar-refractivity contribution in [3.63, 3.8) is 0 Å². The van der Waals surface area contributed by atoms with Crippen molar-refractivity contribution >= 4 is 48.9 Å². The van der Waals surface area contributed by atoms with E-state index in [-0.39, 0.29) is 10.9 Å². The van der Waals surface area contributed by atoms with Crippen molar-refractivity contribution in [1.29, 1.82) is 0 Å². The Labute approximate surface area is 136 Å². The lowest BCUT2D eigenvalue weighted by Gasteiger charge is -2.16. The highest BCUT2D eigenvalue weighted by Gasteiger charge is 2.21. The quantitative estimate of drug-likeness (QED) is 0.806. The average Bonchev–Trinajstić information content (AvgIpc) is 2.93. The fourth-order valence-corrected chi connectivity index (χ4v) is 4.64. The number of rotatable bonds is 5. The maximum Gasteiger partial charge on any atom is 0.241 e. The summed E-state index contributed by atoms with van der Waals surface area (Å²) < 4.78 is 28.1. The van der Waals surface area contributed by atoms with Gasteiger partial charge in [0.05, 0.1) is 16.0 Å². The number of halogens is 2. The SMILES string of the molecule is CCC(NS(=O)(=O)c1ccc(Cl)c(Br)c1)c1cccs1. The molecule has 0 bridgehead atoms. The van der Waals surface area contributed by atoms with E-state index in [1.165, 1.54) is 23.5 Å². The largest absolute Gasteiger partial charge is 0.241 e. The fourth-order valence-electron chi connectivity index (χ4n) is 1.73. The molecule has 1 aromatic carbocycles. The van der Waals surface area contributed by atoms with Crippen LogP contribution in [0.5, 0.6) is 0 Å². The Morgan fingerprint density at radius 2 is 2.15 bits per heavy atom. The van der Waals surface area contributed by atoms with Crippen molar-refractivity contribution in [3.8, 4) is 0 Å². The molecular weight excluding hydrogens is 382 g/mol. The molecular formula is C13H13BrClNO2S2. The average molecular weight is 395 g/mol. The van der Waals surface area contributed by atoms with Crippen LogP contribution < -0.4 is 4.72 Å². The van der Waals surface area contributed by atoms with Gasteiger partial charge in [0.2, 0.25) is 10.0 Å². The molecule has 7 heteroatoms. The summed E-state index contributed by atoms with van der Waals surface area (Å²) in [4.78, 5) is 1.20. The second-order valence-electron chi connectivity index (χ2n) is 4.17. The first-order valence-corrected chi connectivity index (χ1v) is 9.48. The van der Waals surface area contributed by atoms with Crippen molar-refractivity contribution in [2.45, 2.75) is 24.3 Å². The van der Waals surface area contributed by atoms with Crippen LogP contribution in [0.3, 0.4) is 0 Å². The van der Waals surface area contributed by atoms with Gasteiger partial charge in [-0.3, -0.25) is 0 Å². The summed E-state index contributed by atoms with van der Waals surface area (Å²) >= 11 is 10.7. The van der Waals surface area contributed by atoms with Crippen LogP contribution in [0.2, 0.25) is 5.02 Å². The molecule has 1 aromatic heterocycles. The Kier molecular flexibility index (Phi) is 5.25. The highest BCUT2D eigenvalue weighted by Crippen LogP contribution is 2.27. The van der Waals surface area contributed by atoms with E-state index in [1.54, 1.807) is 6.07 Å². The molecule has 2 aromatic rings. The summed E-state index contributed by atoms with van der Waals surface area (Å²) in [7, 11) is -3.57. The zero-order chi connectivity index (χ0) is 14.8. The molecule has 1 N–H and O–H groups in total. The number of benzene rings is 1. The Bertz CT molecular complexity index is 686. The highest BCUT2D eigenvalue weighted by atomic mass is 79.9. The molecule has 1 unspecified atom stereocenters. The second kappa shape index (κ2) is 6.58. The van der Waals surface area contributed by atoms with Gasteiger partial charge in [-0.2, -0.15) is 0 Å². The first kappa shape index (κ1) is 16.0. The van der Waals surface area contributed by atoms with Gasteiger partial charge in [-0.15, -0.1) is 11.3 Å². The summed E-state index contributed by atoms with van der Waals surface area (Å²) in [5.41, 5.74) is 0. The van der Waals surface area contributed by atoms with Gasteiger partial charge < -0.3 is 0 Å². The van der Waals surface area contributed by atoms with Gasteiger partial charge in [0, 0.05) is 9.35 Å². The van der Waals surface area contributed by atoms with Gasteiger partial charge in [-0.05, 0) is 52.0 Å². The third-order valence-corrected chi connectivity index (χ3v) is 6.46. The van der Waals surface area contributed by atoms with E-state index in [0.717, 1.165) is 4.88 Å². The van der Waals surface area contributed by atoms with E-state index in [4.69, 9.17) is 11.6 Å². The normalized spacial score (nSPS) is 13.3. The zero-order valence-corrected chi connectivity index (χ0v) is 14.6. The van der Waals surface area contributed by atoms with Crippen LogP contribution in [0.25, 0.3) is 0 Å². The molecule has 0 saturated heterocycles. The maximum absolute atomic E-state index is 12.4. The van der Waals surface area contributed by atoms with Crippen molar-refractivity contribution in [1.82, 2.24) is 4.72 Å². The van der Waals surface area contributed by atoms with Crippen molar-refractivity contribution in [2.75, 3.05) is 0 Å². The number of sulfonamides is 1. The standard InChI is InChI=1S/C13H13BrClNO2S2/c1-2-12(13-4-3-7-19-13)16-20(17,18)9-5-6-11(15)10(14)8-9/h3-8,12,16H,2H2,1H3. The molecule has 3 nitrogen and oxygen atoms in total. The first-order chi connectivity index (χ1) is 9.44. The molecule has 2 rings (SSSR count). The van der Waals surface area contributed by atoms with Crippen LogP contribution in [-0.2, 0) is 10.0 Å². The first-order valence-electron chi connectivity index (χ1n) is 5.95. The zero-order valence-electron chi connectivity index (χ0n) is 10.6. The smallest absolute Gasteiger partial charge is 0.207 e. The van der Waals surface area contributed by atoms with E-state index in [2.05, 4.69) is 20.7 Å². The Morgan fingerprint density at radius 3 is 2.70 bits per heavy atom. The minimum absolute atomic E-state index is 0.198. The predicted octanol–water partition coefficient (Wildman–Crippen LogP) is 4.59. The lowest BCUT2D eigenvalue weighted by atomic mass is 10.2. The van der Waals surface area contributed by atoms with E-state index in [0.29, 0.717) is 15.9 Å². The number of hydrogen-bond donors (Lipinski definition) is 1. The van der Waals surface area contributed by atoms with E-state index in [1.807, 2.05) is 24.4 Å². The summed E-state index contributed by atoms with van der Waals surface area (Å²) in [5, 5.41) is 2.42. The Hall–Kier alpha value is -0.400. The van der Waals surface area contributed by atoms with Gasteiger partial charge in [0.15, 0.2) is 0 Å². The van der Waals surface area contributed by atoms with Gasteiger partial charge in [0.1, 0.15) is 0 Å². The molecule has 0 fully saturated rings. The van der Waals surface area contributed by atoms with Crippen LogP contribution in [-0.4, -0.2) is 8.42 Å². The van der Waals surface area contributed by atoms with Crippen LogP contribution in [0.1, 0.15) is 24.3 Å². The minimum Gasteiger partial charge on any atom is -0.207 e.